The molecule has 5 nitrogen and oxygen atoms in total. The summed E-state index contributed by atoms with van der Waals surface area (Å²) in [5.41, 5.74) is 1.01. The Morgan fingerprint density at radius 3 is 2.86 bits per heavy atom. The molecule has 1 aromatic heterocycles. The molecule has 2 rings (SSSR count). The highest BCUT2D eigenvalue weighted by Gasteiger charge is 2.26. The van der Waals surface area contributed by atoms with Gasteiger partial charge in [0.25, 0.3) is 0 Å². The van der Waals surface area contributed by atoms with Gasteiger partial charge in [-0.15, -0.1) is 5.10 Å². The van der Waals surface area contributed by atoms with Crippen LogP contribution in [0.4, 0.5) is 20.3 Å². The fourth-order valence-corrected chi connectivity index (χ4v) is 2.23. The molecular weight excluding hydrogens is 276 g/mol. The fourth-order valence-electron chi connectivity index (χ4n) is 2.23. The molecule has 2 N–H and O–H groups in total. The second-order valence-electron chi connectivity index (χ2n) is 5.43. The van der Waals surface area contributed by atoms with E-state index in [2.05, 4.69) is 25.7 Å². The third kappa shape index (κ3) is 4.49. The van der Waals surface area contributed by atoms with Gasteiger partial charge in [0.1, 0.15) is 0 Å². The summed E-state index contributed by atoms with van der Waals surface area (Å²) < 4.78 is 26.2. The van der Waals surface area contributed by atoms with Gasteiger partial charge >= 0.3 is 0 Å². The van der Waals surface area contributed by atoms with E-state index < -0.39 is 5.92 Å². The van der Waals surface area contributed by atoms with Crippen molar-refractivity contribution in [3.05, 3.63) is 12.3 Å². The van der Waals surface area contributed by atoms with Crippen LogP contribution in [0.5, 0.6) is 0 Å². The Hall–Kier alpha value is -1.50. The predicted molar refractivity (Wildman–Crippen MR) is 80.1 cm³/mol. The first kappa shape index (κ1) is 15.9. The van der Waals surface area contributed by atoms with Crippen LogP contribution in [0.3, 0.4) is 0 Å². The highest BCUT2D eigenvalue weighted by Crippen LogP contribution is 2.24. The normalized spacial score (nSPS) is 15.9. The molecular formula is C14H23F2N5. The van der Waals surface area contributed by atoms with Gasteiger partial charge in [-0.3, -0.25) is 0 Å². The largest absolute Gasteiger partial charge is 0.369 e. The smallest absolute Gasteiger partial charge is 0.248 e. The molecule has 1 aliphatic rings. The number of likely N-dealkylation sites (N-methyl/N-ethyl adjacent to an activating group) is 1. The first-order valence-corrected chi connectivity index (χ1v) is 7.40. The number of nitrogens with one attached hydrogen (secondary N) is 2. The Balaban J connectivity index is 1.77. The van der Waals surface area contributed by atoms with Crippen molar-refractivity contribution in [3.8, 4) is 0 Å². The van der Waals surface area contributed by atoms with E-state index >= 15 is 0 Å². The van der Waals surface area contributed by atoms with Gasteiger partial charge in [-0.05, 0) is 13.5 Å². The molecule has 0 bridgehead atoms. The molecule has 1 saturated heterocycles. The van der Waals surface area contributed by atoms with Crippen molar-refractivity contribution < 1.29 is 8.78 Å². The lowest BCUT2D eigenvalue weighted by Crippen LogP contribution is -2.57. The highest BCUT2D eigenvalue weighted by atomic mass is 19.3. The van der Waals surface area contributed by atoms with Gasteiger partial charge in [0.05, 0.1) is 11.9 Å². The number of anilines is 2. The molecule has 0 unspecified atom stereocenters. The maximum Gasteiger partial charge on any atom is 0.248 e. The maximum absolute atomic E-state index is 13.1. The molecule has 0 spiro atoms. The summed E-state index contributed by atoms with van der Waals surface area (Å²) in [5.74, 6) is -1.92. The molecule has 2 heterocycles. The van der Waals surface area contributed by atoms with Gasteiger partial charge in [-0.2, -0.15) is 5.10 Å². The van der Waals surface area contributed by atoms with Crippen molar-refractivity contribution in [1.29, 1.82) is 0 Å². The minimum atomic E-state index is -2.56. The van der Waals surface area contributed by atoms with Gasteiger partial charge in [0.15, 0.2) is 5.82 Å². The van der Waals surface area contributed by atoms with Crippen LogP contribution in [0.25, 0.3) is 0 Å². The van der Waals surface area contributed by atoms with Crippen molar-refractivity contribution >= 4 is 11.5 Å². The highest BCUT2D eigenvalue weighted by molar-refractivity contribution is 5.54. The van der Waals surface area contributed by atoms with Crippen LogP contribution < -0.4 is 15.5 Å². The van der Waals surface area contributed by atoms with Gasteiger partial charge in [0.2, 0.25) is 5.92 Å². The molecule has 0 aromatic carbocycles. The van der Waals surface area contributed by atoms with Crippen molar-refractivity contribution in [2.45, 2.75) is 38.2 Å². The van der Waals surface area contributed by atoms with E-state index in [0.717, 1.165) is 18.8 Å². The third-order valence-electron chi connectivity index (χ3n) is 3.84. The predicted octanol–water partition coefficient (Wildman–Crippen LogP) is 2.12. The lowest BCUT2D eigenvalue weighted by Gasteiger charge is -2.40. The Morgan fingerprint density at radius 2 is 2.19 bits per heavy atom. The number of rotatable bonds is 8. The first-order valence-electron chi connectivity index (χ1n) is 7.40. The van der Waals surface area contributed by atoms with Crippen molar-refractivity contribution in [2.24, 2.45) is 0 Å². The molecule has 1 aliphatic heterocycles. The molecule has 21 heavy (non-hydrogen) atoms. The Morgan fingerprint density at radius 1 is 1.43 bits per heavy atom. The van der Waals surface area contributed by atoms with Crippen LogP contribution in [-0.4, -0.2) is 48.8 Å². The second-order valence-corrected chi connectivity index (χ2v) is 5.43. The van der Waals surface area contributed by atoms with E-state index in [1.807, 2.05) is 13.1 Å². The molecule has 0 amide bonds. The van der Waals surface area contributed by atoms with Crippen LogP contribution in [0.15, 0.2) is 12.3 Å². The van der Waals surface area contributed by atoms with Crippen molar-refractivity contribution in [3.63, 3.8) is 0 Å². The second kappa shape index (κ2) is 6.98. The zero-order chi connectivity index (χ0) is 15.3. The average Bonchev–Trinajstić information content (AvgIpc) is 2.43. The van der Waals surface area contributed by atoms with Gasteiger partial charge < -0.3 is 15.5 Å². The van der Waals surface area contributed by atoms with E-state index in [1.54, 1.807) is 6.20 Å². The van der Waals surface area contributed by atoms with E-state index in [1.165, 1.54) is 6.92 Å². The van der Waals surface area contributed by atoms with Crippen molar-refractivity contribution in [2.75, 3.05) is 36.9 Å². The maximum atomic E-state index is 13.1. The SMILES string of the molecule is CCC(F)(F)CCCNc1cc(N2CC(NC)C2)cnn1. The number of hydrogen-bond acceptors (Lipinski definition) is 5. The van der Waals surface area contributed by atoms with Crippen molar-refractivity contribution in [1.82, 2.24) is 15.5 Å². The first-order chi connectivity index (χ1) is 10.0. The average molecular weight is 299 g/mol. The van der Waals surface area contributed by atoms with E-state index in [0.29, 0.717) is 24.8 Å². The lowest BCUT2D eigenvalue weighted by molar-refractivity contribution is -0.0123. The summed E-state index contributed by atoms with van der Waals surface area (Å²) in [7, 11) is 1.95. The summed E-state index contributed by atoms with van der Waals surface area (Å²) in [6.07, 6.45) is 1.93. The van der Waals surface area contributed by atoms with E-state index in [-0.39, 0.29) is 12.8 Å². The monoisotopic (exact) mass is 299 g/mol. The summed E-state index contributed by atoms with van der Waals surface area (Å²) in [4.78, 5) is 2.20. The molecule has 1 fully saturated rings. The summed E-state index contributed by atoms with van der Waals surface area (Å²) in [6, 6.07) is 2.43. The number of aromatic nitrogens is 2. The third-order valence-corrected chi connectivity index (χ3v) is 3.84. The molecule has 0 aliphatic carbocycles. The summed E-state index contributed by atoms with van der Waals surface area (Å²) in [5, 5.41) is 14.2. The summed E-state index contributed by atoms with van der Waals surface area (Å²) in [6.45, 7) is 3.88. The van der Waals surface area contributed by atoms with E-state index in [9.17, 15) is 8.78 Å². The minimum Gasteiger partial charge on any atom is -0.369 e. The Kier molecular flexibility index (Phi) is 5.27. The van der Waals surface area contributed by atoms with Gasteiger partial charge in [-0.1, -0.05) is 6.92 Å². The molecule has 0 atom stereocenters. The van der Waals surface area contributed by atoms with Gasteiger partial charge in [0, 0.05) is 44.6 Å². The Bertz CT molecular complexity index is 449. The van der Waals surface area contributed by atoms with Crippen LogP contribution in [0.1, 0.15) is 26.2 Å². The fraction of sp³-hybridized carbons (Fsp3) is 0.714. The lowest BCUT2D eigenvalue weighted by atomic mass is 10.1. The van der Waals surface area contributed by atoms with Crippen LogP contribution in [0.2, 0.25) is 0 Å². The quantitative estimate of drug-likeness (QED) is 0.720. The number of hydrogen-bond donors (Lipinski definition) is 2. The molecule has 0 saturated carbocycles. The standard InChI is InChI=1S/C14H23F2N5/c1-3-14(15,16)5-4-6-18-13-7-12(8-19-20-13)21-9-11(10-21)17-2/h7-8,11,17H,3-6,9-10H2,1-2H3,(H,18,20). The topological polar surface area (TPSA) is 53.1 Å². The molecule has 1 aromatic rings. The zero-order valence-electron chi connectivity index (χ0n) is 12.6. The molecule has 0 radical (unpaired) electrons. The Labute approximate surface area is 124 Å². The minimum absolute atomic E-state index is 0.0976. The zero-order valence-corrected chi connectivity index (χ0v) is 12.6. The molecule has 118 valence electrons. The van der Waals surface area contributed by atoms with Gasteiger partial charge in [-0.25, -0.2) is 8.78 Å². The van der Waals surface area contributed by atoms with Crippen LogP contribution in [-0.2, 0) is 0 Å². The van der Waals surface area contributed by atoms with Crippen LogP contribution in [0, 0.1) is 0 Å². The van der Waals surface area contributed by atoms with E-state index in [4.69, 9.17) is 0 Å². The summed E-state index contributed by atoms with van der Waals surface area (Å²) >= 11 is 0. The molecule has 7 heteroatoms. The van der Waals surface area contributed by atoms with Crippen LogP contribution >= 0.6 is 0 Å². The number of alkyl halides is 2. The number of halogens is 2. The number of nitrogens with zero attached hydrogens (tertiary/aromatic N) is 3.